The van der Waals surface area contributed by atoms with Crippen molar-refractivity contribution in [1.29, 1.82) is 0 Å². The molecule has 3 aromatic rings. The molecule has 0 saturated carbocycles. The van der Waals surface area contributed by atoms with Crippen molar-refractivity contribution in [2.75, 3.05) is 0 Å². The van der Waals surface area contributed by atoms with Gasteiger partial charge in [0.2, 0.25) is 0 Å². The lowest BCUT2D eigenvalue weighted by molar-refractivity contribution is 0.00578. The molecule has 1 aromatic heterocycles. The first-order chi connectivity index (χ1) is 73.6. The van der Waals surface area contributed by atoms with Crippen LogP contribution in [0.3, 0.4) is 0 Å². The van der Waals surface area contributed by atoms with Crippen LogP contribution >= 0.6 is 0 Å². The normalized spacial score (nSPS) is 9.77. The van der Waals surface area contributed by atoms with Crippen LogP contribution in [-0.2, 0) is 1080 Å². The third-order valence-electron chi connectivity index (χ3n) is 9.25. The SMILES string of the molecule is Cc1cc(-c2ccc(B3OC(C)(C)C(C)(C)O3)cc2)ncc1-c1ccc(F)cc1.S=S=S=S=S=S=S=S=S=S=S=S=S=S=S=S=S=S=S=S=S=S=S=S=S=S=S=S=S=S=S=S=S=S=S=S=S=S=S=S=S=S=S=S=S=S=S=S=S=S=S=S=S=S=S=S=S=S=S=S=S=S=S=S=S=S=S=S=S=S=S=S=S=S=S=S=S=S=S=S=S=S=S=S=S=S=S=S=S=S=S=S=S=S=S=S=S=S=S=S=S=S=S=S=S=S=S=S=S=S=S=S=S=S=S=S=S=S=S=S. The summed E-state index contributed by atoms with van der Waals surface area (Å²) in [5, 5.41) is 0. The molecule has 3 nitrogen and oxygen atoms in total. The molecule has 0 amide bonds. The van der Waals surface area contributed by atoms with E-state index in [0.29, 0.717) is 0 Å². The minimum absolute atomic E-state index is 0.238. The maximum atomic E-state index is 13.2. The Morgan fingerprint density at radius 1 is 0.195 bits per heavy atom. The van der Waals surface area contributed by atoms with E-state index in [0.717, 1.165) is 33.4 Å². The maximum absolute atomic E-state index is 13.2. The van der Waals surface area contributed by atoms with Crippen molar-refractivity contribution in [1.82, 2.24) is 4.98 Å². The summed E-state index contributed by atoms with van der Waals surface area (Å²) in [5.74, 6) is -0.238. The van der Waals surface area contributed by atoms with Crippen molar-refractivity contribution >= 4 is 1080 Å². The Morgan fingerprint density at radius 3 is 0.450 bits per heavy atom. The number of benzene rings is 2. The summed E-state index contributed by atoms with van der Waals surface area (Å²) in [5.41, 5.74) is 5.26. The molecule has 2 heterocycles. The van der Waals surface area contributed by atoms with Gasteiger partial charge in [0.1, 0.15) is 5.82 Å². The van der Waals surface area contributed by atoms with Crippen LogP contribution in [0.1, 0.15) is 33.3 Å². The van der Waals surface area contributed by atoms with E-state index in [1.165, 1.54) is 29.9 Å². The molecule has 868 valence electrons. The van der Waals surface area contributed by atoms with Crippen molar-refractivity contribution in [3.05, 3.63) is 72.2 Å². The quantitative estimate of drug-likeness (QED) is 0.350. The number of hydrogen-bond acceptors (Lipinski definition) is 5. The van der Waals surface area contributed by atoms with Gasteiger partial charge in [0.15, 0.2) is 0 Å². The monoisotopic (exact) mass is 4230 g/mol. The zero-order valence-corrected chi connectivity index (χ0v) is 164. The van der Waals surface area contributed by atoms with Crippen LogP contribution in [0.5, 0.6) is 0 Å². The highest BCUT2D eigenvalue weighted by atomic mass is 33.6. The van der Waals surface area contributed by atoms with E-state index in [4.69, 9.17) is 31.7 Å². The highest BCUT2D eigenvalue weighted by Gasteiger charge is 2.51. The molecule has 1 fully saturated rings. The topological polar surface area (TPSA) is 31.4 Å². The zero-order valence-electron chi connectivity index (χ0n) is 66.5. The molecular formula is C24H25BFNO2S120. The van der Waals surface area contributed by atoms with Crippen LogP contribution in [0.2, 0.25) is 0 Å². The number of hydrogen-bond donors (Lipinski definition) is 0. The smallest absolute Gasteiger partial charge is 0.399 e. The Kier molecular flexibility index (Phi) is 154. The lowest BCUT2D eigenvalue weighted by atomic mass is 9.78. The third kappa shape index (κ3) is 118. The van der Waals surface area contributed by atoms with Gasteiger partial charge in [0.25, 0.3) is 0 Å². The average molecular weight is 4240 g/mol. The molecule has 2 aromatic carbocycles. The van der Waals surface area contributed by atoms with Crippen LogP contribution in [0.25, 0.3) is 22.4 Å². The highest BCUT2D eigenvalue weighted by molar-refractivity contribution is 8.89. The highest BCUT2D eigenvalue weighted by Crippen LogP contribution is 2.36. The van der Waals surface area contributed by atoms with Crippen molar-refractivity contribution in [2.45, 2.75) is 45.8 Å². The van der Waals surface area contributed by atoms with Crippen molar-refractivity contribution in [3.63, 3.8) is 0 Å². The molecule has 0 N–H and O–H groups in total. The summed E-state index contributed by atoms with van der Waals surface area (Å²) in [7, 11) is 214. The number of rotatable bonds is 3. The standard InChI is InChI=1S/C24H25BFNO2.S120/c1-16-14-22(27-15-21(16)17-8-12-20(26)13-9-17)18-6-10-19(11-7-18)25-28-23(2,3)24(4,5)29-25;1-3-5-7-9-11-13-15-17-19-21-23-25-27-29-31-33-35-37-39-41-43-45-47-49-51-53-55-57-59-61-63-65-67-69-71-73-75-77-79-81-83-85-87-89-91-93-95-97-99-101-103-105-107-109-111-113-115-117-119-120-118-116-114-112-110-108-106-104-102-100-98-96-94-92-90-88-86-84-82-80-78-76-74-72-70-68-66-64-62-60-58-56-54-52-50-48-46-44-42-40-38-36-34-32-30-28-26-24-22-20-18-16-14-12-10-8-6-4-2/h6-15H,1-5H3;. The van der Waals surface area contributed by atoms with E-state index >= 15 is 0 Å². The van der Waals surface area contributed by atoms with Crippen molar-refractivity contribution in [2.24, 2.45) is 0 Å². The Bertz CT molecular complexity index is 10900. The summed E-state index contributed by atoms with van der Waals surface area (Å²) in [6, 6.07) is 16.7. The van der Waals surface area contributed by atoms with Crippen LogP contribution in [0.15, 0.2) is 60.8 Å². The summed E-state index contributed by atoms with van der Waals surface area (Å²) >= 11 is 9.67. The van der Waals surface area contributed by atoms with E-state index in [2.05, 4.69) is 38.7 Å². The van der Waals surface area contributed by atoms with Gasteiger partial charge >= 0.3 is 7.12 Å². The minimum atomic E-state index is -0.371. The maximum Gasteiger partial charge on any atom is 0.494 e. The lowest BCUT2D eigenvalue weighted by Gasteiger charge is -2.32. The number of nitrogens with zero attached hydrogens (tertiary/aromatic N) is 1. The summed E-state index contributed by atoms with van der Waals surface area (Å²) in [4.78, 5) is 4.63. The molecule has 0 radical (unpaired) electrons. The zero-order chi connectivity index (χ0) is 106. The van der Waals surface area contributed by atoms with Gasteiger partial charge in [0, 0.05) is 1090 Å². The van der Waals surface area contributed by atoms with Crippen molar-refractivity contribution < 1.29 is 13.7 Å². The predicted molar refractivity (Wildman–Crippen MR) is 999 cm³/mol. The second-order valence-electron chi connectivity index (χ2n) is 16.6. The largest absolute Gasteiger partial charge is 0.494 e. The van der Waals surface area contributed by atoms with Gasteiger partial charge in [-0.3, -0.25) is 4.98 Å². The van der Waals surface area contributed by atoms with Gasteiger partial charge < -0.3 is 9.31 Å². The molecule has 4 rings (SSSR count). The molecular weight excluding hydrogens is 4210 g/mol. The number of aromatic nitrogens is 1. The molecule has 0 aliphatic carbocycles. The van der Waals surface area contributed by atoms with Gasteiger partial charge in [0.05, 0.1) is 16.9 Å². The predicted octanol–water partition coefficient (Wildman–Crippen LogP) is 4.87. The Balaban J connectivity index is 0.00000165. The number of halogens is 1. The van der Waals surface area contributed by atoms with Gasteiger partial charge in [-0.25, -0.2) is 4.39 Å². The molecule has 0 spiro atoms. The van der Waals surface area contributed by atoms with E-state index in [1.807, 2.05) is 961 Å². The molecule has 0 unspecified atom stereocenters. The summed E-state index contributed by atoms with van der Waals surface area (Å²) in [6.45, 7) is 10.3. The Labute approximate surface area is 1210 Å². The first-order valence-corrected chi connectivity index (χ1v) is 188. The van der Waals surface area contributed by atoms with Crippen LogP contribution in [-0.4, -0.2) is 23.3 Å². The fraction of sp³-hybridized carbons (Fsp3) is 0.292. The average Bonchev–Trinajstić information content (AvgIpc) is 1.63. The van der Waals surface area contributed by atoms with Gasteiger partial charge in [-0.1, -0.05) is 36.4 Å². The van der Waals surface area contributed by atoms with E-state index in [-0.39, 0.29) is 24.1 Å². The van der Waals surface area contributed by atoms with E-state index in [9.17, 15) is 4.39 Å². The van der Waals surface area contributed by atoms with Crippen LogP contribution in [0, 0.1) is 12.7 Å². The molecule has 1 aliphatic rings. The van der Waals surface area contributed by atoms with Crippen LogP contribution < -0.4 is 5.46 Å². The second-order valence-corrected chi connectivity index (χ2v) is 225. The third-order valence-corrected chi connectivity index (χ3v) is 269. The Morgan fingerprint density at radius 2 is 0.322 bits per heavy atom. The molecule has 149 heavy (non-hydrogen) atoms. The molecule has 125 heteroatoms. The first kappa shape index (κ1) is 167. The minimum Gasteiger partial charge on any atom is -0.399 e. The van der Waals surface area contributed by atoms with Crippen LogP contribution in [0.4, 0.5) is 4.39 Å². The molecule has 1 saturated heterocycles. The van der Waals surface area contributed by atoms with Gasteiger partial charge in [-0.05, 0) is 69.4 Å². The molecule has 0 bridgehead atoms. The van der Waals surface area contributed by atoms with Crippen molar-refractivity contribution in [3.8, 4) is 22.4 Å². The fourth-order valence-corrected chi connectivity index (χ4v) is 323. The van der Waals surface area contributed by atoms with E-state index in [1.54, 1.807) is 119 Å². The number of aryl methyl sites for hydroxylation is 1. The molecule has 0 atom stereocenters. The number of pyridine rings is 1. The first-order valence-electron chi connectivity index (χ1n) is 29.7. The summed E-state index contributed by atoms with van der Waals surface area (Å²) in [6.07, 6.45) is 1.85. The molecule has 1 aliphatic heterocycles. The Hall–Kier alpha value is 23.9. The lowest BCUT2D eigenvalue weighted by Crippen LogP contribution is -2.41. The van der Waals surface area contributed by atoms with E-state index < -0.39 is 0 Å². The van der Waals surface area contributed by atoms with Gasteiger partial charge in [-0.15, -0.1) is 0 Å². The fourth-order valence-electron chi connectivity index (χ4n) is 4.75. The summed E-state index contributed by atoms with van der Waals surface area (Å²) < 4.78 is 25.4. The van der Waals surface area contributed by atoms with Gasteiger partial charge in [-0.2, -0.15) is 0 Å². The second kappa shape index (κ2) is 138.